The molecule has 0 saturated heterocycles. The van der Waals surface area contributed by atoms with Crippen LogP contribution in [-0.2, 0) is 0 Å². The van der Waals surface area contributed by atoms with Crippen molar-refractivity contribution in [2.45, 2.75) is 31.9 Å². The zero-order valence-electron chi connectivity index (χ0n) is 14.4. The van der Waals surface area contributed by atoms with Crippen LogP contribution < -0.4 is 20.1 Å². The van der Waals surface area contributed by atoms with E-state index in [0.717, 1.165) is 17.1 Å². The van der Waals surface area contributed by atoms with Crippen molar-refractivity contribution in [3.05, 3.63) is 53.1 Å². The molecule has 0 spiro atoms. The molecule has 2 amide bonds. The molecule has 0 radical (unpaired) electrons. The molecule has 2 N–H and O–H groups in total. The summed E-state index contributed by atoms with van der Waals surface area (Å²) < 4.78 is 11.3. The summed E-state index contributed by atoms with van der Waals surface area (Å²) in [4.78, 5) is 12.4. The Labute approximate surface area is 152 Å². The smallest absolute Gasteiger partial charge is 0.319 e. The predicted molar refractivity (Wildman–Crippen MR) is 98.7 cm³/mol. The Morgan fingerprint density at radius 2 is 1.96 bits per heavy atom. The Bertz CT molecular complexity index is 775. The number of halogens is 1. The van der Waals surface area contributed by atoms with Crippen molar-refractivity contribution in [3.8, 4) is 11.5 Å². The van der Waals surface area contributed by atoms with Gasteiger partial charge in [0, 0.05) is 22.7 Å². The van der Waals surface area contributed by atoms with Gasteiger partial charge >= 0.3 is 6.03 Å². The number of urea groups is 1. The predicted octanol–water partition coefficient (Wildman–Crippen LogP) is 4.77. The minimum Gasteiger partial charge on any atom is -0.497 e. The lowest BCUT2D eigenvalue weighted by atomic mass is 9.89. The van der Waals surface area contributed by atoms with E-state index in [-0.39, 0.29) is 17.7 Å². The first-order chi connectivity index (χ1) is 11.9. The summed E-state index contributed by atoms with van der Waals surface area (Å²) in [6, 6.07) is 12.1. The number of nitrogens with one attached hydrogen (secondary N) is 2. The molecule has 1 heterocycles. The summed E-state index contributed by atoms with van der Waals surface area (Å²) in [5.41, 5.74) is 1.21. The standard InChI is InChI=1S/C19H21ClN2O3/c1-19(2)11-16(15-10-14(24-3)8-9-17(15)25-19)22-18(23)21-13-6-4-12(20)5-7-13/h4-10,16H,11H2,1-3H3,(H2,21,22,23). The molecule has 132 valence electrons. The van der Waals surface area contributed by atoms with Crippen LogP contribution in [0.1, 0.15) is 31.9 Å². The molecule has 0 saturated carbocycles. The second-order valence-electron chi connectivity index (χ2n) is 6.63. The fourth-order valence-corrected chi connectivity index (χ4v) is 3.07. The number of amides is 2. The van der Waals surface area contributed by atoms with Gasteiger partial charge in [-0.3, -0.25) is 0 Å². The number of anilines is 1. The molecule has 0 aliphatic carbocycles. The quantitative estimate of drug-likeness (QED) is 0.828. The van der Waals surface area contributed by atoms with E-state index >= 15 is 0 Å². The molecule has 2 aromatic carbocycles. The first-order valence-electron chi connectivity index (χ1n) is 8.06. The highest BCUT2D eigenvalue weighted by atomic mass is 35.5. The van der Waals surface area contributed by atoms with E-state index < -0.39 is 0 Å². The fraction of sp³-hybridized carbons (Fsp3) is 0.316. The molecular formula is C19H21ClN2O3. The topological polar surface area (TPSA) is 59.6 Å². The van der Waals surface area contributed by atoms with Gasteiger partial charge in [0.05, 0.1) is 13.2 Å². The van der Waals surface area contributed by atoms with Crippen LogP contribution in [0, 0.1) is 0 Å². The maximum atomic E-state index is 12.4. The number of carbonyl (C=O) groups excluding carboxylic acids is 1. The van der Waals surface area contributed by atoms with Crippen LogP contribution in [0.4, 0.5) is 10.5 Å². The number of benzene rings is 2. The lowest BCUT2D eigenvalue weighted by Crippen LogP contribution is -2.42. The van der Waals surface area contributed by atoms with Crippen molar-refractivity contribution in [1.82, 2.24) is 5.32 Å². The molecule has 1 atom stereocenters. The summed E-state index contributed by atoms with van der Waals surface area (Å²) in [5.74, 6) is 1.49. The summed E-state index contributed by atoms with van der Waals surface area (Å²) in [7, 11) is 1.62. The minimum atomic E-state index is -0.375. The number of hydrogen-bond donors (Lipinski definition) is 2. The van der Waals surface area contributed by atoms with Crippen LogP contribution in [0.5, 0.6) is 11.5 Å². The van der Waals surface area contributed by atoms with Crippen molar-refractivity contribution in [3.63, 3.8) is 0 Å². The molecule has 3 rings (SSSR count). The van der Waals surface area contributed by atoms with Crippen LogP contribution in [0.2, 0.25) is 5.02 Å². The van der Waals surface area contributed by atoms with E-state index in [1.165, 1.54) is 0 Å². The average Bonchev–Trinajstić information content (AvgIpc) is 2.55. The van der Waals surface area contributed by atoms with E-state index in [4.69, 9.17) is 21.1 Å². The van der Waals surface area contributed by atoms with Crippen LogP contribution in [0.3, 0.4) is 0 Å². The SMILES string of the molecule is COc1ccc2c(c1)C(NC(=O)Nc1ccc(Cl)cc1)CC(C)(C)O2. The fourth-order valence-electron chi connectivity index (χ4n) is 2.95. The highest BCUT2D eigenvalue weighted by molar-refractivity contribution is 6.30. The summed E-state index contributed by atoms with van der Waals surface area (Å²) >= 11 is 5.87. The third-order valence-electron chi connectivity index (χ3n) is 4.08. The van der Waals surface area contributed by atoms with E-state index in [2.05, 4.69) is 10.6 Å². The number of rotatable bonds is 3. The summed E-state index contributed by atoms with van der Waals surface area (Å²) in [5, 5.41) is 6.47. The Morgan fingerprint density at radius 1 is 1.24 bits per heavy atom. The first kappa shape index (κ1) is 17.4. The largest absolute Gasteiger partial charge is 0.497 e. The van der Waals surface area contributed by atoms with Gasteiger partial charge in [0.25, 0.3) is 0 Å². The van der Waals surface area contributed by atoms with Crippen LogP contribution in [-0.4, -0.2) is 18.7 Å². The third kappa shape index (κ3) is 4.17. The maximum absolute atomic E-state index is 12.4. The van der Waals surface area contributed by atoms with Crippen LogP contribution in [0.25, 0.3) is 0 Å². The highest BCUT2D eigenvalue weighted by Crippen LogP contribution is 2.41. The van der Waals surface area contributed by atoms with Gasteiger partial charge in [-0.05, 0) is 56.3 Å². The average molecular weight is 361 g/mol. The van der Waals surface area contributed by atoms with Gasteiger partial charge in [0.15, 0.2) is 0 Å². The monoisotopic (exact) mass is 360 g/mol. The second kappa shape index (κ2) is 6.84. The van der Waals surface area contributed by atoms with Gasteiger partial charge in [-0.15, -0.1) is 0 Å². The number of carbonyl (C=O) groups is 1. The molecule has 0 aromatic heterocycles. The molecule has 1 unspecified atom stereocenters. The van der Waals surface area contributed by atoms with Crippen molar-refractivity contribution in [1.29, 1.82) is 0 Å². The molecule has 1 aliphatic heterocycles. The third-order valence-corrected chi connectivity index (χ3v) is 4.33. The van der Waals surface area contributed by atoms with E-state index in [9.17, 15) is 4.79 Å². The Morgan fingerprint density at radius 3 is 2.64 bits per heavy atom. The van der Waals surface area contributed by atoms with Crippen LogP contribution >= 0.6 is 11.6 Å². The van der Waals surface area contributed by atoms with Gasteiger partial charge < -0.3 is 20.1 Å². The van der Waals surface area contributed by atoms with Gasteiger partial charge in [-0.25, -0.2) is 4.79 Å². The van der Waals surface area contributed by atoms with E-state index in [1.54, 1.807) is 31.4 Å². The molecule has 2 aromatic rings. The molecule has 6 heteroatoms. The molecule has 0 fully saturated rings. The molecule has 25 heavy (non-hydrogen) atoms. The molecule has 1 aliphatic rings. The summed E-state index contributed by atoms with van der Waals surface area (Å²) in [6.07, 6.45) is 0.654. The number of fused-ring (bicyclic) bond motifs is 1. The van der Waals surface area contributed by atoms with Gasteiger partial charge in [0.2, 0.25) is 0 Å². The lowest BCUT2D eigenvalue weighted by molar-refractivity contribution is 0.0681. The lowest BCUT2D eigenvalue weighted by Gasteiger charge is -2.38. The zero-order chi connectivity index (χ0) is 18.0. The van der Waals surface area contributed by atoms with E-state index in [0.29, 0.717) is 17.1 Å². The Balaban J connectivity index is 1.79. The molecular weight excluding hydrogens is 340 g/mol. The maximum Gasteiger partial charge on any atom is 0.319 e. The molecule has 5 nitrogen and oxygen atoms in total. The van der Waals surface area contributed by atoms with Crippen molar-refractivity contribution >= 4 is 23.3 Å². The first-order valence-corrected chi connectivity index (χ1v) is 8.44. The van der Waals surface area contributed by atoms with Gasteiger partial charge in [-0.1, -0.05) is 11.6 Å². The van der Waals surface area contributed by atoms with E-state index in [1.807, 2.05) is 32.0 Å². The number of ether oxygens (including phenoxy) is 2. The number of methoxy groups -OCH3 is 1. The minimum absolute atomic E-state index is 0.179. The number of hydrogen-bond acceptors (Lipinski definition) is 3. The second-order valence-corrected chi connectivity index (χ2v) is 7.06. The molecule has 0 bridgehead atoms. The van der Waals surface area contributed by atoms with Crippen molar-refractivity contribution in [2.75, 3.05) is 12.4 Å². The van der Waals surface area contributed by atoms with Crippen LogP contribution in [0.15, 0.2) is 42.5 Å². The van der Waals surface area contributed by atoms with Gasteiger partial charge in [0.1, 0.15) is 17.1 Å². The Hall–Kier alpha value is -2.40. The van der Waals surface area contributed by atoms with Crippen molar-refractivity contribution < 1.29 is 14.3 Å². The highest BCUT2D eigenvalue weighted by Gasteiger charge is 2.34. The Kier molecular flexibility index (Phi) is 4.77. The van der Waals surface area contributed by atoms with Crippen molar-refractivity contribution in [2.24, 2.45) is 0 Å². The zero-order valence-corrected chi connectivity index (χ0v) is 15.2. The summed E-state index contributed by atoms with van der Waals surface area (Å²) in [6.45, 7) is 4.01. The normalized spacial score (nSPS) is 17.8. The van der Waals surface area contributed by atoms with Gasteiger partial charge in [-0.2, -0.15) is 0 Å².